The first-order valence-electron chi connectivity index (χ1n) is 12.4. The molecule has 0 saturated carbocycles. The van der Waals surface area contributed by atoms with E-state index in [0.717, 1.165) is 32.4 Å². The third kappa shape index (κ3) is 5.03. The zero-order chi connectivity index (χ0) is 26.9. The number of amides is 2. The van der Waals surface area contributed by atoms with E-state index in [1.165, 1.54) is 16.8 Å². The molecule has 1 atom stereocenters. The first-order valence-corrected chi connectivity index (χ1v) is 14.1. The van der Waals surface area contributed by atoms with Crippen molar-refractivity contribution in [3.63, 3.8) is 0 Å². The number of para-hydroxylation sites is 2. The van der Waals surface area contributed by atoms with Crippen molar-refractivity contribution in [2.45, 2.75) is 15.2 Å². The number of thioether (sulfide) groups is 1. The fraction of sp³-hybridized carbons (Fsp3) is 0.133. The molecule has 0 radical (unpaired) electrons. The van der Waals surface area contributed by atoms with Crippen molar-refractivity contribution in [1.29, 1.82) is 0 Å². The molecule has 7 nitrogen and oxygen atoms in total. The van der Waals surface area contributed by atoms with Crippen LogP contribution in [0, 0.1) is 0 Å². The van der Waals surface area contributed by atoms with Crippen molar-refractivity contribution >= 4 is 58.5 Å². The zero-order valence-electron chi connectivity index (χ0n) is 21.4. The van der Waals surface area contributed by atoms with Gasteiger partial charge in [-0.2, -0.15) is 0 Å². The third-order valence-corrected chi connectivity index (χ3v) is 8.82. The molecule has 0 bridgehead atoms. The van der Waals surface area contributed by atoms with Crippen LogP contribution in [0.5, 0.6) is 0 Å². The molecular formula is C30H26N4O3S2. The first kappa shape index (κ1) is 25.2. The van der Waals surface area contributed by atoms with Crippen LogP contribution in [-0.2, 0) is 9.59 Å². The molecule has 1 fully saturated rings. The fourth-order valence-corrected chi connectivity index (χ4v) is 6.80. The van der Waals surface area contributed by atoms with Crippen molar-refractivity contribution in [3.05, 3.63) is 107 Å². The molecule has 9 heteroatoms. The SMILES string of the molecule is CN(C)c1ccc(/C=C2\SC(c3ccco3)N(NC(=O)CN3c4ccccc4Sc4ccccc43)C2=O)cc1. The van der Waals surface area contributed by atoms with Gasteiger partial charge < -0.3 is 14.2 Å². The third-order valence-electron chi connectivity index (χ3n) is 6.48. The number of nitrogens with one attached hydrogen (secondary N) is 1. The van der Waals surface area contributed by atoms with Crippen LogP contribution in [0.2, 0.25) is 0 Å². The average Bonchev–Trinajstić information content (AvgIpc) is 3.58. The molecule has 2 aliphatic heterocycles. The number of anilines is 3. The summed E-state index contributed by atoms with van der Waals surface area (Å²) in [7, 11) is 3.97. The van der Waals surface area contributed by atoms with Crippen LogP contribution in [0.1, 0.15) is 16.7 Å². The molecule has 3 heterocycles. The summed E-state index contributed by atoms with van der Waals surface area (Å²) in [6.07, 6.45) is 3.42. The van der Waals surface area contributed by atoms with E-state index >= 15 is 0 Å². The Labute approximate surface area is 235 Å². The summed E-state index contributed by atoms with van der Waals surface area (Å²) in [5, 5.41) is 0.864. The maximum atomic E-state index is 13.6. The lowest BCUT2D eigenvalue weighted by Crippen LogP contribution is -2.47. The number of carbonyl (C=O) groups excluding carboxylic acids is 2. The number of rotatable bonds is 6. The van der Waals surface area contributed by atoms with Gasteiger partial charge in [0.2, 0.25) is 0 Å². The van der Waals surface area contributed by atoms with Crippen LogP contribution in [0.4, 0.5) is 17.1 Å². The number of furan rings is 1. The summed E-state index contributed by atoms with van der Waals surface area (Å²) in [6.45, 7) is 0.0545. The summed E-state index contributed by atoms with van der Waals surface area (Å²) in [5.41, 5.74) is 6.78. The van der Waals surface area contributed by atoms with E-state index in [0.29, 0.717) is 10.7 Å². The standard InChI is InChI=1S/C30H26N4O3S2/c1-32(2)21-15-13-20(14-16-21)18-27-29(36)34(30(39-27)24-10-7-17-37-24)31-28(35)19-33-22-8-3-5-11-25(22)38-26-12-6-4-9-23(26)33/h3-18,30H,19H2,1-2H3,(H,31,35)/b27-18-. The molecule has 4 aromatic rings. The summed E-state index contributed by atoms with van der Waals surface area (Å²) < 4.78 is 5.65. The summed E-state index contributed by atoms with van der Waals surface area (Å²) in [5.74, 6) is 0.0140. The normalized spacial score (nSPS) is 17.2. The molecule has 0 spiro atoms. The lowest BCUT2D eigenvalue weighted by atomic mass is 10.2. The molecule has 39 heavy (non-hydrogen) atoms. The van der Waals surface area contributed by atoms with Crippen LogP contribution in [-0.4, -0.2) is 37.5 Å². The van der Waals surface area contributed by atoms with E-state index in [9.17, 15) is 9.59 Å². The Balaban J connectivity index is 1.26. The van der Waals surface area contributed by atoms with E-state index in [1.807, 2.05) is 96.7 Å². The molecule has 3 aromatic carbocycles. The van der Waals surface area contributed by atoms with Gasteiger partial charge in [0.1, 0.15) is 12.3 Å². The Morgan fingerprint density at radius 1 is 0.949 bits per heavy atom. The summed E-state index contributed by atoms with van der Waals surface area (Å²) in [6, 6.07) is 27.6. The Morgan fingerprint density at radius 2 is 1.62 bits per heavy atom. The lowest BCUT2D eigenvalue weighted by molar-refractivity contribution is -0.137. The van der Waals surface area contributed by atoms with Crippen LogP contribution in [0.25, 0.3) is 6.08 Å². The van der Waals surface area contributed by atoms with Crippen LogP contribution < -0.4 is 15.2 Å². The van der Waals surface area contributed by atoms with Gasteiger partial charge >= 0.3 is 0 Å². The van der Waals surface area contributed by atoms with Gasteiger partial charge in [-0.3, -0.25) is 15.0 Å². The number of hydrazine groups is 1. The predicted molar refractivity (Wildman–Crippen MR) is 157 cm³/mol. The van der Waals surface area contributed by atoms with Crippen molar-refractivity contribution < 1.29 is 14.0 Å². The zero-order valence-corrected chi connectivity index (χ0v) is 23.0. The lowest BCUT2D eigenvalue weighted by Gasteiger charge is -2.33. The molecule has 2 amide bonds. The Kier molecular flexibility index (Phi) is 6.85. The molecule has 6 rings (SSSR count). The van der Waals surface area contributed by atoms with E-state index in [-0.39, 0.29) is 18.4 Å². The maximum Gasteiger partial charge on any atom is 0.280 e. The number of fused-ring (bicyclic) bond motifs is 2. The minimum absolute atomic E-state index is 0.0545. The van der Waals surface area contributed by atoms with E-state index in [1.54, 1.807) is 24.1 Å². The number of carbonyl (C=O) groups is 2. The Hall–Kier alpha value is -4.08. The second-order valence-electron chi connectivity index (χ2n) is 9.31. The first-order chi connectivity index (χ1) is 19.0. The van der Waals surface area contributed by atoms with Crippen LogP contribution in [0.3, 0.4) is 0 Å². The van der Waals surface area contributed by atoms with Crippen molar-refractivity contribution in [2.24, 2.45) is 0 Å². The van der Waals surface area contributed by atoms with Gasteiger partial charge in [-0.1, -0.05) is 59.9 Å². The van der Waals surface area contributed by atoms with Crippen molar-refractivity contribution in [2.75, 3.05) is 30.4 Å². The summed E-state index contributed by atoms with van der Waals surface area (Å²) in [4.78, 5) is 33.8. The molecule has 1 unspecified atom stereocenters. The van der Waals surface area contributed by atoms with Gasteiger partial charge in [0.25, 0.3) is 11.8 Å². The molecule has 1 saturated heterocycles. The molecule has 1 N–H and O–H groups in total. The quantitative estimate of drug-likeness (QED) is 0.281. The Bertz CT molecular complexity index is 1510. The second-order valence-corrected chi connectivity index (χ2v) is 11.5. The van der Waals surface area contributed by atoms with E-state index in [2.05, 4.69) is 17.6 Å². The molecule has 1 aromatic heterocycles. The van der Waals surface area contributed by atoms with Gasteiger partial charge in [0.05, 0.1) is 22.5 Å². The largest absolute Gasteiger partial charge is 0.466 e. The monoisotopic (exact) mass is 554 g/mol. The highest BCUT2D eigenvalue weighted by Gasteiger charge is 2.40. The van der Waals surface area contributed by atoms with Gasteiger partial charge in [-0.25, -0.2) is 5.01 Å². The highest BCUT2D eigenvalue weighted by atomic mass is 32.2. The number of nitrogens with zero attached hydrogens (tertiary/aromatic N) is 3. The average molecular weight is 555 g/mol. The van der Waals surface area contributed by atoms with Crippen LogP contribution in [0.15, 0.2) is 110 Å². The maximum absolute atomic E-state index is 13.6. The van der Waals surface area contributed by atoms with Gasteiger partial charge in [0.15, 0.2) is 5.37 Å². The molecule has 0 aliphatic carbocycles. The van der Waals surface area contributed by atoms with E-state index in [4.69, 9.17) is 4.42 Å². The number of benzene rings is 3. The van der Waals surface area contributed by atoms with Crippen LogP contribution >= 0.6 is 23.5 Å². The summed E-state index contributed by atoms with van der Waals surface area (Å²) >= 11 is 3.04. The molecule has 2 aliphatic rings. The highest BCUT2D eigenvalue weighted by molar-refractivity contribution is 8.04. The molecular weight excluding hydrogens is 528 g/mol. The fourth-order valence-electron chi connectivity index (χ4n) is 4.56. The second kappa shape index (κ2) is 10.6. The highest BCUT2D eigenvalue weighted by Crippen LogP contribution is 2.48. The van der Waals surface area contributed by atoms with Crippen molar-refractivity contribution in [3.8, 4) is 0 Å². The number of hydrogen-bond donors (Lipinski definition) is 1. The Morgan fingerprint density at radius 3 is 2.23 bits per heavy atom. The van der Waals surface area contributed by atoms with Crippen molar-refractivity contribution in [1.82, 2.24) is 10.4 Å². The smallest absolute Gasteiger partial charge is 0.280 e. The predicted octanol–water partition coefficient (Wildman–Crippen LogP) is 6.29. The van der Waals surface area contributed by atoms with E-state index < -0.39 is 5.37 Å². The molecule has 196 valence electrons. The topological polar surface area (TPSA) is 69.0 Å². The minimum atomic E-state index is -0.514. The number of hydrogen-bond acceptors (Lipinski definition) is 7. The van der Waals surface area contributed by atoms with Gasteiger partial charge in [0, 0.05) is 29.6 Å². The van der Waals surface area contributed by atoms with Gasteiger partial charge in [-0.05, 0) is 60.2 Å². The minimum Gasteiger partial charge on any atom is -0.466 e. The van der Waals surface area contributed by atoms with Gasteiger partial charge in [-0.15, -0.1) is 0 Å².